The van der Waals surface area contributed by atoms with Crippen LogP contribution in [0.15, 0.2) is 6.07 Å². The summed E-state index contributed by atoms with van der Waals surface area (Å²) in [6.07, 6.45) is 0. The van der Waals surface area contributed by atoms with Gasteiger partial charge in [0, 0.05) is 14.2 Å². The van der Waals surface area contributed by atoms with E-state index in [1.807, 2.05) is 0 Å². The van der Waals surface area contributed by atoms with E-state index in [0.29, 0.717) is 0 Å². The molecule has 0 aliphatic carbocycles. The summed E-state index contributed by atoms with van der Waals surface area (Å²) < 4.78 is 0. The van der Waals surface area contributed by atoms with Crippen LogP contribution in [0.1, 0.15) is 22.3 Å². The topological polar surface area (TPSA) is 40.5 Å². The van der Waals surface area contributed by atoms with E-state index in [-0.39, 0.29) is 34.1 Å². The maximum Gasteiger partial charge on any atom is 2.00 e. The van der Waals surface area contributed by atoms with Crippen molar-refractivity contribution in [2.24, 2.45) is 0 Å². The maximum absolute atomic E-state index is 7.00. The molecule has 2 nitrogen and oxygen atoms in total. The van der Waals surface area contributed by atoms with Crippen LogP contribution in [0.5, 0.6) is 0 Å². The third-order valence-electron chi connectivity index (χ3n) is 2.18. The molecule has 0 unspecified atom stereocenters. The second kappa shape index (κ2) is 14.3. The van der Waals surface area contributed by atoms with Crippen LogP contribution < -0.4 is 12.4 Å². The summed E-state index contributed by atoms with van der Waals surface area (Å²) in [4.78, 5) is 0. The van der Waals surface area contributed by atoms with Gasteiger partial charge in [0.1, 0.15) is 0 Å². The molecule has 88 valence electrons. The van der Waals surface area contributed by atoms with Crippen molar-refractivity contribution in [1.82, 2.24) is 0 Å². The molecule has 0 fully saturated rings. The van der Waals surface area contributed by atoms with Gasteiger partial charge in [-0.25, -0.2) is 0 Å². The van der Waals surface area contributed by atoms with E-state index in [1.54, 1.807) is 0 Å². The Bertz CT molecular complexity index is 212. The number of hydrogen-bond donors (Lipinski definition) is 2. The average molecular weight is 269 g/mol. The summed E-state index contributed by atoms with van der Waals surface area (Å²) in [7, 11) is 2.00. The molecule has 0 bridgehead atoms. The Morgan fingerprint density at radius 3 is 1.00 bits per heavy atom. The smallest absolute Gasteiger partial charge is 1.00 e. The van der Waals surface area contributed by atoms with Gasteiger partial charge < -0.3 is 22.6 Å². The summed E-state index contributed by atoms with van der Waals surface area (Å²) in [6, 6.07) is 2.24. The molecule has 1 rings (SSSR count). The van der Waals surface area contributed by atoms with Crippen LogP contribution >= 0.6 is 0 Å². The number of hydrogen-bond acceptors (Lipinski definition) is 2. The first-order chi connectivity index (χ1) is 6.13. The van der Waals surface area contributed by atoms with E-state index in [9.17, 15) is 0 Å². The predicted molar refractivity (Wildman–Crippen MR) is 57.3 cm³/mol. The first-order valence-electron chi connectivity index (χ1n) is 4.22. The van der Waals surface area contributed by atoms with Crippen molar-refractivity contribution >= 4 is 0 Å². The van der Waals surface area contributed by atoms with Gasteiger partial charge in [0.05, 0.1) is 0 Å². The van der Waals surface area contributed by atoms with Crippen molar-refractivity contribution in [3.05, 3.63) is 28.3 Å². The molecule has 0 aliphatic rings. The third-order valence-corrected chi connectivity index (χ3v) is 2.18. The maximum atomic E-state index is 7.00. The molecule has 2 N–H and O–H groups in total. The van der Waals surface area contributed by atoms with Crippen LogP contribution in [0.2, 0.25) is 0 Å². The van der Waals surface area contributed by atoms with Gasteiger partial charge in [0.15, 0.2) is 0 Å². The minimum atomic E-state index is 0. The molecule has 0 spiro atoms. The first-order valence-corrected chi connectivity index (χ1v) is 4.22. The summed E-state index contributed by atoms with van der Waals surface area (Å²) in [5.41, 5.74) is 5.75. The normalized spacial score (nSPS) is 6.93. The van der Waals surface area contributed by atoms with Crippen molar-refractivity contribution in [3.63, 3.8) is 0 Å². The molecule has 0 atom stereocenters. The summed E-state index contributed by atoms with van der Waals surface area (Å²) in [5, 5.41) is 14.0. The summed E-state index contributed by atoms with van der Waals surface area (Å²) in [6.45, 7) is 8.68. The standard InChI is InChI=1S/C9H13.2CH4O.ClH.Ti/c1-6-5-7(2)9(4)8(6)3;2*1-2;;/h5H,1-4H3;2*2H,1H3;1H;/q-1;;;;+2/p-1. The van der Waals surface area contributed by atoms with Gasteiger partial charge in [-0.3, -0.25) is 0 Å². The molecule has 4 heteroatoms. The Morgan fingerprint density at radius 2 is 0.933 bits per heavy atom. The Hall–Kier alpha value is 0.274. The summed E-state index contributed by atoms with van der Waals surface area (Å²) in [5.74, 6) is 0. The van der Waals surface area contributed by atoms with Gasteiger partial charge in [0.2, 0.25) is 0 Å². The molecule has 15 heavy (non-hydrogen) atoms. The van der Waals surface area contributed by atoms with Crippen LogP contribution in [0, 0.1) is 27.7 Å². The number of halogens is 1. The predicted octanol–water partition coefficient (Wildman–Crippen LogP) is -1.14. The Morgan fingerprint density at radius 1 is 0.733 bits per heavy atom. The molecule has 0 aliphatic heterocycles. The Balaban J connectivity index is -0.0000000910. The van der Waals surface area contributed by atoms with Crippen molar-refractivity contribution < 1.29 is 44.3 Å². The summed E-state index contributed by atoms with van der Waals surface area (Å²) >= 11 is 0. The molecule has 0 aromatic heterocycles. The number of aliphatic hydroxyl groups is 2. The third kappa shape index (κ3) is 8.12. The zero-order chi connectivity index (χ0) is 11.0. The monoisotopic (exact) mass is 268 g/mol. The quantitative estimate of drug-likeness (QED) is 0.461. The number of aliphatic hydroxyl groups excluding tert-OH is 2. The fourth-order valence-electron chi connectivity index (χ4n) is 1.13. The zero-order valence-electron chi connectivity index (χ0n) is 10.3. The van der Waals surface area contributed by atoms with E-state index in [2.05, 4.69) is 33.8 Å². The minimum absolute atomic E-state index is 0. The number of rotatable bonds is 0. The SMILES string of the molecule is CO.CO.Cc1[cH-]c(C)c(C)c1C.[Cl-].[Ti+2]. The molecule has 0 saturated heterocycles. The molecule has 0 saturated carbocycles. The van der Waals surface area contributed by atoms with Crippen molar-refractivity contribution in [1.29, 1.82) is 0 Å². The van der Waals surface area contributed by atoms with E-state index in [1.165, 1.54) is 22.3 Å². The van der Waals surface area contributed by atoms with Gasteiger partial charge in [-0.2, -0.15) is 28.3 Å². The fourth-order valence-corrected chi connectivity index (χ4v) is 1.13. The Kier molecular flexibility index (Phi) is 23.3. The second-order valence-corrected chi connectivity index (χ2v) is 2.76. The van der Waals surface area contributed by atoms with E-state index in [0.717, 1.165) is 14.2 Å². The fraction of sp³-hybridized carbons (Fsp3) is 0.545. The molecule has 1 aromatic rings. The second-order valence-electron chi connectivity index (χ2n) is 2.76. The van der Waals surface area contributed by atoms with Gasteiger partial charge >= 0.3 is 21.7 Å². The molecule has 0 amide bonds. The Labute approximate surface area is 114 Å². The average Bonchev–Trinajstić information content (AvgIpc) is 2.40. The van der Waals surface area contributed by atoms with Gasteiger partial charge in [-0.05, 0) is 0 Å². The zero-order valence-corrected chi connectivity index (χ0v) is 12.7. The van der Waals surface area contributed by atoms with Crippen LogP contribution in [0.3, 0.4) is 0 Å². The van der Waals surface area contributed by atoms with Gasteiger partial charge in [-0.1, -0.05) is 27.7 Å². The van der Waals surface area contributed by atoms with Crippen LogP contribution in [0.25, 0.3) is 0 Å². The van der Waals surface area contributed by atoms with Crippen molar-refractivity contribution in [2.75, 3.05) is 14.2 Å². The molecule has 0 radical (unpaired) electrons. The number of aryl methyl sites for hydroxylation is 2. The largest absolute Gasteiger partial charge is 2.00 e. The molecule has 1 aromatic carbocycles. The van der Waals surface area contributed by atoms with Crippen LogP contribution in [-0.2, 0) is 21.7 Å². The first kappa shape index (κ1) is 24.5. The van der Waals surface area contributed by atoms with Gasteiger partial charge in [0.25, 0.3) is 0 Å². The van der Waals surface area contributed by atoms with Crippen molar-refractivity contribution in [3.8, 4) is 0 Å². The minimum Gasteiger partial charge on any atom is -1.00 e. The van der Waals surface area contributed by atoms with E-state index >= 15 is 0 Å². The van der Waals surface area contributed by atoms with Crippen molar-refractivity contribution in [2.45, 2.75) is 27.7 Å². The van der Waals surface area contributed by atoms with E-state index in [4.69, 9.17) is 10.2 Å². The van der Waals surface area contributed by atoms with Crippen LogP contribution in [0.4, 0.5) is 0 Å². The van der Waals surface area contributed by atoms with Gasteiger partial charge in [-0.15, -0.1) is 0 Å². The van der Waals surface area contributed by atoms with Crippen LogP contribution in [-0.4, -0.2) is 24.4 Å². The molecular formula is C11H21ClO2Ti. The molecule has 0 heterocycles. The molecular weight excluding hydrogens is 247 g/mol. The van der Waals surface area contributed by atoms with E-state index < -0.39 is 0 Å².